The molecule has 37 heavy (non-hydrogen) atoms. The summed E-state index contributed by atoms with van der Waals surface area (Å²) in [5, 5.41) is 20.0. The van der Waals surface area contributed by atoms with E-state index >= 15 is 0 Å². The van der Waals surface area contributed by atoms with Gasteiger partial charge in [-0.05, 0) is 12.8 Å². The van der Waals surface area contributed by atoms with E-state index in [1.807, 2.05) is 0 Å². The third-order valence-corrected chi connectivity index (χ3v) is 8.25. The smallest absolute Gasteiger partial charge is 0.309 e. The van der Waals surface area contributed by atoms with Gasteiger partial charge in [0.1, 0.15) is 0 Å². The van der Waals surface area contributed by atoms with Crippen molar-refractivity contribution in [2.24, 2.45) is 5.92 Å². The molecule has 2 unspecified atom stereocenters. The van der Waals surface area contributed by atoms with E-state index < -0.39 is 18.0 Å². The first-order chi connectivity index (χ1) is 18.1. The van der Waals surface area contributed by atoms with Crippen LogP contribution >= 0.6 is 0 Å². The Morgan fingerprint density at radius 1 is 0.432 bits per heavy atom. The van der Waals surface area contributed by atoms with Crippen molar-refractivity contribution in [3.8, 4) is 0 Å². The van der Waals surface area contributed by atoms with Gasteiger partial charge >= 0.3 is 5.97 Å². The molecule has 0 amide bonds. The van der Waals surface area contributed by atoms with Gasteiger partial charge in [-0.15, -0.1) is 0 Å². The molecule has 0 heterocycles. The summed E-state index contributed by atoms with van der Waals surface area (Å²) in [6.45, 7) is 4.54. The second-order valence-electron chi connectivity index (χ2n) is 11.9. The molecule has 0 radical (unpaired) electrons. The van der Waals surface area contributed by atoms with Gasteiger partial charge in [-0.25, -0.2) is 0 Å². The SMILES string of the molecule is CCCCCCCCCCCCCCCCCCCC(O)C(CCCCCCCCCCCC)C(=O)O. The van der Waals surface area contributed by atoms with Crippen molar-refractivity contribution in [3.63, 3.8) is 0 Å². The summed E-state index contributed by atoms with van der Waals surface area (Å²) >= 11 is 0. The highest BCUT2D eigenvalue weighted by atomic mass is 16.4. The lowest BCUT2D eigenvalue weighted by molar-refractivity contribution is -0.146. The minimum atomic E-state index is -0.810. The zero-order valence-electron chi connectivity index (χ0n) is 25.5. The molecule has 0 aliphatic heterocycles. The number of unbranched alkanes of at least 4 members (excludes halogenated alkanes) is 25. The molecule has 0 aliphatic rings. The highest BCUT2D eigenvalue weighted by Crippen LogP contribution is 2.21. The maximum Gasteiger partial charge on any atom is 0.309 e. The van der Waals surface area contributed by atoms with E-state index in [4.69, 9.17) is 0 Å². The summed E-state index contributed by atoms with van der Waals surface area (Å²) in [7, 11) is 0. The maximum atomic E-state index is 11.7. The Balaban J connectivity index is 3.50. The number of aliphatic hydroxyl groups excluding tert-OH is 1. The van der Waals surface area contributed by atoms with Gasteiger partial charge in [-0.1, -0.05) is 187 Å². The predicted molar refractivity (Wildman–Crippen MR) is 162 cm³/mol. The van der Waals surface area contributed by atoms with Gasteiger partial charge in [0.15, 0.2) is 0 Å². The van der Waals surface area contributed by atoms with Crippen LogP contribution < -0.4 is 0 Å². The molecule has 2 N–H and O–H groups in total. The van der Waals surface area contributed by atoms with Crippen molar-refractivity contribution in [2.75, 3.05) is 0 Å². The first kappa shape index (κ1) is 36.4. The highest BCUT2D eigenvalue weighted by molar-refractivity contribution is 5.70. The van der Waals surface area contributed by atoms with Crippen molar-refractivity contribution < 1.29 is 15.0 Å². The van der Waals surface area contributed by atoms with Gasteiger partial charge in [0.25, 0.3) is 0 Å². The fraction of sp³-hybridized carbons (Fsp3) is 0.971. The molecular formula is C34H68O3. The van der Waals surface area contributed by atoms with Crippen molar-refractivity contribution in [3.05, 3.63) is 0 Å². The van der Waals surface area contributed by atoms with Crippen LogP contribution in [0.25, 0.3) is 0 Å². The molecule has 0 aromatic heterocycles. The van der Waals surface area contributed by atoms with Crippen LogP contribution in [-0.4, -0.2) is 22.3 Å². The molecule has 0 bridgehead atoms. The first-order valence-electron chi connectivity index (χ1n) is 17.0. The number of carboxylic acids is 1. The fourth-order valence-corrected chi connectivity index (χ4v) is 5.61. The summed E-state index contributed by atoms with van der Waals surface area (Å²) in [6, 6.07) is 0. The van der Waals surface area contributed by atoms with Crippen LogP contribution in [0.1, 0.15) is 200 Å². The molecule has 0 rings (SSSR count). The zero-order chi connectivity index (χ0) is 27.2. The largest absolute Gasteiger partial charge is 0.481 e. The van der Waals surface area contributed by atoms with Crippen LogP contribution in [0, 0.1) is 5.92 Å². The van der Waals surface area contributed by atoms with Crippen LogP contribution in [-0.2, 0) is 4.79 Å². The molecule has 3 heteroatoms. The molecule has 0 aliphatic carbocycles. The second kappa shape index (κ2) is 30.0. The molecule has 222 valence electrons. The fourth-order valence-electron chi connectivity index (χ4n) is 5.61. The lowest BCUT2D eigenvalue weighted by Gasteiger charge is -2.19. The van der Waals surface area contributed by atoms with Crippen molar-refractivity contribution in [2.45, 2.75) is 206 Å². The summed E-state index contributed by atoms with van der Waals surface area (Å²) in [5.74, 6) is -1.38. The molecule has 0 spiro atoms. The third kappa shape index (κ3) is 26.8. The monoisotopic (exact) mass is 525 g/mol. The Bertz CT molecular complexity index is 450. The van der Waals surface area contributed by atoms with E-state index in [0.29, 0.717) is 12.8 Å². The summed E-state index contributed by atoms with van der Waals surface area (Å²) in [6.07, 6.45) is 36.0. The topological polar surface area (TPSA) is 57.5 Å². The summed E-state index contributed by atoms with van der Waals surface area (Å²) in [5.41, 5.74) is 0. The van der Waals surface area contributed by atoms with Crippen LogP contribution in [0.15, 0.2) is 0 Å². The van der Waals surface area contributed by atoms with Crippen molar-refractivity contribution >= 4 is 5.97 Å². The highest BCUT2D eigenvalue weighted by Gasteiger charge is 2.25. The Labute approximate surface area is 233 Å². The number of carboxylic acid groups (broad SMARTS) is 1. The van der Waals surface area contributed by atoms with Crippen LogP contribution in [0.5, 0.6) is 0 Å². The zero-order valence-corrected chi connectivity index (χ0v) is 25.5. The lowest BCUT2D eigenvalue weighted by atomic mass is 9.91. The molecular weight excluding hydrogens is 456 g/mol. The maximum absolute atomic E-state index is 11.7. The molecule has 2 atom stereocenters. The Kier molecular flexibility index (Phi) is 29.5. The van der Waals surface area contributed by atoms with E-state index in [0.717, 1.165) is 25.7 Å². The first-order valence-corrected chi connectivity index (χ1v) is 17.0. The molecule has 0 saturated carbocycles. The van der Waals surface area contributed by atoms with Gasteiger partial charge < -0.3 is 10.2 Å². The Hall–Kier alpha value is -0.570. The van der Waals surface area contributed by atoms with Crippen molar-refractivity contribution in [1.82, 2.24) is 0 Å². The van der Waals surface area contributed by atoms with Crippen LogP contribution in [0.4, 0.5) is 0 Å². The van der Waals surface area contributed by atoms with Crippen molar-refractivity contribution in [1.29, 1.82) is 0 Å². The summed E-state index contributed by atoms with van der Waals surface area (Å²) in [4.78, 5) is 11.7. The predicted octanol–water partition coefficient (Wildman–Crippen LogP) is 11.4. The lowest BCUT2D eigenvalue weighted by Crippen LogP contribution is -2.28. The molecule has 0 saturated heterocycles. The minimum absolute atomic E-state index is 0.574. The quantitative estimate of drug-likeness (QED) is 0.0886. The van der Waals surface area contributed by atoms with E-state index in [9.17, 15) is 15.0 Å². The molecule has 0 fully saturated rings. The number of hydrogen-bond acceptors (Lipinski definition) is 2. The second-order valence-corrected chi connectivity index (χ2v) is 11.9. The number of aliphatic hydroxyl groups is 1. The van der Waals surface area contributed by atoms with E-state index in [2.05, 4.69) is 13.8 Å². The number of hydrogen-bond donors (Lipinski definition) is 2. The Morgan fingerprint density at radius 3 is 0.946 bits per heavy atom. The molecule has 0 aromatic carbocycles. The molecule has 0 aromatic rings. The molecule has 3 nitrogen and oxygen atoms in total. The third-order valence-electron chi connectivity index (χ3n) is 8.25. The average molecular weight is 525 g/mol. The standard InChI is InChI=1S/C34H68O3/c1-3-5-7-9-11-13-15-16-17-18-19-20-21-23-25-27-29-31-33(35)32(34(36)37)30-28-26-24-22-14-12-10-8-6-4-2/h32-33,35H,3-31H2,1-2H3,(H,36,37). The number of rotatable bonds is 31. The normalized spacial score (nSPS) is 13.2. The van der Waals surface area contributed by atoms with Gasteiger partial charge in [-0.2, -0.15) is 0 Å². The Morgan fingerprint density at radius 2 is 0.676 bits per heavy atom. The van der Waals surface area contributed by atoms with Gasteiger partial charge in [0, 0.05) is 0 Å². The van der Waals surface area contributed by atoms with Gasteiger partial charge in [-0.3, -0.25) is 4.79 Å². The van der Waals surface area contributed by atoms with E-state index in [-0.39, 0.29) is 0 Å². The van der Waals surface area contributed by atoms with Crippen LogP contribution in [0.3, 0.4) is 0 Å². The van der Waals surface area contributed by atoms with E-state index in [1.54, 1.807) is 0 Å². The summed E-state index contributed by atoms with van der Waals surface area (Å²) < 4.78 is 0. The average Bonchev–Trinajstić information content (AvgIpc) is 2.88. The number of carbonyl (C=O) groups is 1. The minimum Gasteiger partial charge on any atom is -0.481 e. The number of aliphatic carboxylic acids is 1. The van der Waals surface area contributed by atoms with Gasteiger partial charge in [0.2, 0.25) is 0 Å². The van der Waals surface area contributed by atoms with Crippen LogP contribution in [0.2, 0.25) is 0 Å². The van der Waals surface area contributed by atoms with E-state index in [1.165, 1.54) is 148 Å². The van der Waals surface area contributed by atoms with Gasteiger partial charge in [0.05, 0.1) is 12.0 Å².